The summed E-state index contributed by atoms with van der Waals surface area (Å²) in [6.07, 6.45) is 0. The van der Waals surface area contributed by atoms with Crippen LogP contribution in [0.3, 0.4) is 0 Å². The zero-order valence-corrected chi connectivity index (χ0v) is 10.7. The van der Waals surface area contributed by atoms with E-state index in [2.05, 4.69) is 9.97 Å². The zero-order valence-electron chi connectivity index (χ0n) is 9.94. The summed E-state index contributed by atoms with van der Waals surface area (Å²) >= 11 is 5.86. The molecule has 0 fully saturated rings. The van der Waals surface area contributed by atoms with Crippen molar-refractivity contribution in [3.8, 4) is 17.0 Å². The molecule has 1 heterocycles. The molecule has 0 saturated heterocycles. The van der Waals surface area contributed by atoms with E-state index in [4.69, 9.17) is 11.6 Å². The summed E-state index contributed by atoms with van der Waals surface area (Å²) in [6.45, 7) is 0. The minimum Gasteiger partial charge on any atom is -0.493 e. The number of H-pyrrole nitrogens is 1. The molecule has 0 aliphatic rings. The van der Waals surface area contributed by atoms with Gasteiger partial charge >= 0.3 is 0 Å². The number of nitrogens with one attached hydrogen (secondary N) is 1. The molecule has 5 nitrogen and oxygen atoms in total. The van der Waals surface area contributed by atoms with E-state index in [1.54, 1.807) is 43.3 Å². The van der Waals surface area contributed by atoms with Gasteiger partial charge in [0.05, 0.1) is 0 Å². The van der Waals surface area contributed by atoms with Crippen LogP contribution in [0.25, 0.3) is 11.1 Å². The Labute approximate surface area is 109 Å². The second kappa shape index (κ2) is 4.70. The fourth-order valence-corrected chi connectivity index (χ4v) is 1.76. The molecule has 0 aliphatic heterocycles. The third kappa shape index (κ3) is 2.31. The Balaban J connectivity index is 2.63. The molecule has 0 bridgehead atoms. The lowest BCUT2D eigenvalue weighted by Crippen LogP contribution is -2.19. The van der Waals surface area contributed by atoms with Crippen LogP contribution in [0.4, 0.5) is 5.95 Å². The van der Waals surface area contributed by atoms with Gasteiger partial charge in [-0.15, -0.1) is 0 Å². The molecule has 2 rings (SSSR count). The zero-order chi connectivity index (χ0) is 13.3. The number of aromatic amines is 1. The molecule has 1 aromatic carbocycles. The normalized spacial score (nSPS) is 10.4. The van der Waals surface area contributed by atoms with E-state index < -0.39 is 5.56 Å². The summed E-state index contributed by atoms with van der Waals surface area (Å²) in [4.78, 5) is 20.1. The molecule has 94 valence electrons. The van der Waals surface area contributed by atoms with Gasteiger partial charge in [-0.25, -0.2) is 0 Å². The summed E-state index contributed by atoms with van der Waals surface area (Å²) in [5.41, 5.74) is 0.232. The number of nitrogens with zero attached hydrogens (tertiary/aromatic N) is 2. The van der Waals surface area contributed by atoms with Gasteiger partial charge in [-0.05, 0) is 17.7 Å². The van der Waals surface area contributed by atoms with Crippen molar-refractivity contribution in [1.82, 2.24) is 9.97 Å². The monoisotopic (exact) mass is 265 g/mol. The molecule has 2 N–H and O–H groups in total. The van der Waals surface area contributed by atoms with Gasteiger partial charge in [-0.3, -0.25) is 9.78 Å². The lowest BCUT2D eigenvalue weighted by molar-refractivity contribution is 0.453. The van der Waals surface area contributed by atoms with Gasteiger partial charge in [0, 0.05) is 19.1 Å². The quantitative estimate of drug-likeness (QED) is 0.870. The van der Waals surface area contributed by atoms with Gasteiger partial charge < -0.3 is 10.0 Å². The fourth-order valence-electron chi connectivity index (χ4n) is 1.57. The number of aromatic nitrogens is 2. The van der Waals surface area contributed by atoms with Crippen LogP contribution in [-0.4, -0.2) is 29.2 Å². The largest absolute Gasteiger partial charge is 0.493 e. The molecule has 0 atom stereocenters. The van der Waals surface area contributed by atoms with Crippen LogP contribution in [0.1, 0.15) is 0 Å². The summed E-state index contributed by atoms with van der Waals surface area (Å²) in [6, 6.07) is 6.68. The van der Waals surface area contributed by atoms with E-state index >= 15 is 0 Å². The van der Waals surface area contributed by atoms with E-state index in [-0.39, 0.29) is 11.4 Å². The maximum absolute atomic E-state index is 12.0. The van der Waals surface area contributed by atoms with Gasteiger partial charge in [-0.1, -0.05) is 23.7 Å². The van der Waals surface area contributed by atoms with Crippen molar-refractivity contribution >= 4 is 17.5 Å². The van der Waals surface area contributed by atoms with Gasteiger partial charge in [0.1, 0.15) is 5.56 Å². The lowest BCUT2D eigenvalue weighted by atomic mass is 10.1. The number of hydrogen-bond donors (Lipinski definition) is 2. The van der Waals surface area contributed by atoms with E-state index in [9.17, 15) is 9.90 Å². The molecule has 0 spiro atoms. The molecule has 0 amide bonds. The average Bonchev–Trinajstić information content (AvgIpc) is 2.27. The van der Waals surface area contributed by atoms with E-state index in [0.29, 0.717) is 16.5 Å². The van der Waals surface area contributed by atoms with Gasteiger partial charge in [-0.2, -0.15) is 4.98 Å². The Hall–Kier alpha value is -2.01. The van der Waals surface area contributed by atoms with Crippen LogP contribution < -0.4 is 10.5 Å². The first kappa shape index (κ1) is 12.4. The van der Waals surface area contributed by atoms with Crippen LogP contribution in [-0.2, 0) is 0 Å². The van der Waals surface area contributed by atoms with Crippen LogP contribution in [0.5, 0.6) is 5.88 Å². The second-order valence-electron chi connectivity index (χ2n) is 3.99. The summed E-state index contributed by atoms with van der Waals surface area (Å²) in [5.74, 6) is -0.0204. The topological polar surface area (TPSA) is 69.2 Å². The molecule has 18 heavy (non-hydrogen) atoms. The van der Waals surface area contributed by atoms with E-state index in [1.165, 1.54) is 0 Å². The number of rotatable bonds is 2. The van der Waals surface area contributed by atoms with Crippen molar-refractivity contribution in [1.29, 1.82) is 0 Å². The molecular formula is C12H12ClN3O2. The Bertz CT molecular complexity index is 637. The first-order valence-electron chi connectivity index (χ1n) is 5.25. The average molecular weight is 266 g/mol. The Morgan fingerprint density at radius 1 is 1.39 bits per heavy atom. The number of benzene rings is 1. The SMILES string of the molecule is CN(C)c1nc(O)c(-c2cccc(Cl)c2)c(=O)[nH]1. The van der Waals surface area contributed by atoms with Crippen LogP contribution in [0, 0.1) is 0 Å². The van der Waals surface area contributed by atoms with E-state index in [0.717, 1.165) is 0 Å². The Kier molecular flexibility index (Phi) is 3.25. The molecule has 1 aromatic heterocycles. The molecule has 6 heteroatoms. The number of aromatic hydroxyl groups is 1. The minimum absolute atomic E-state index is 0.114. The maximum atomic E-state index is 12.0. The molecule has 0 radical (unpaired) electrons. The first-order valence-corrected chi connectivity index (χ1v) is 5.63. The van der Waals surface area contributed by atoms with Crippen LogP contribution in [0.2, 0.25) is 5.02 Å². The predicted molar refractivity (Wildman–Crippen MR) is 71.3 cm³/mol. The number of halogens is 1. The van der Waals surface area contributed by atoms with Crippen LogP contribution >= 0.6 is 11.6 Å². The Morgan fingerprint density at radius 2 is 2.11 bits per heavy atom. The summed E-state index contributed by atoms with van der Waals surface area (Å²) in [5, 5.41) is 10.4. The van der Waals surface area contributed by atoms with Gasteiger partial charge in [0.25, 0.3) is 5.56 Å². The summed E-state index contributed by atoms with van der Waals surface area (Å²) in [7, 11) is 3.44. The highest BCUT2D eigenvalue weighted by atomic mass is 35.5. The second-order valence-corrected chi connectivity index (χ2v) is 4.43. The van der Waals surface area contributed by atoms with Crippen molar-refractivity contribution in [2.24, 2.45) is 0 Å². The van der Waals surface area contributed by atoms with Gasteiger partial charge in [0.15, 0.2) is 0 Å². The summed E-state index contributed by atoms with van der Waals surface area (Å²) < 4.78 is 0. The minimum atomic E-state index is -0.409. The molecule has 0 saturated carbocycles. The standard InChI is InChI=1S/C12H12ClN3O2/c1-16(2)12-14-10(17)9(11(18)15-12)7-4-3-5-8(13)6-7/h3-6H,1-2H3,(H2,14,15,17,18). The highest BCUT2D eigenvalue weighted by Crippen LogP contribution is 2.26. The number of anilines is 1. The predicted octanol–water partition coefficient (Wildman–Crippen LogP) is 1.86. The smallest absolute Gasteiger partial charge is 0.264 e. The molecule has 0 aliphatic carbocycles. The highest BCUT2D eigenvalue weighted by molar-refractivity contribution is 6.30. The van der Waals surface area contributed by atoms with E-state index in [1.807, 2.05) is 0 Å². The van der Waals surface area contributed by atoms with Crippen molar-refractivity contribution in [2.75, 3.05) is 19.0 Å². The molecule has 0 unspecified atom stereocenters. The van der Waals surface area contributed by atoms with Gasteiger partial charge in [0.2, 0.25) is 11.8 Å². The van der Waals surface area contributed by atoms with Crippen LogP contribution in [0.15, 0.2) is 29.1 Å². The molecule has 2 aromatic rings. The van der Waals surface area contributed by atoms with Crippen molar-refractivity contribution in [2.45, 2.75) is 0 Å². The first-order chi connectivity index (χ1) is 8.49. The maximum Gasteiger partial charge on any atom is 0.264 e. The van der Waals surface area contributed by atoms with Crippen molar-refractivity contribution < 1.29 is 5.11 Å². The highest BCUT2D eigenvalue weighted by Gasteiger charge is 2.13. The Morgan fingerprint density at radius 3 is 2.67 bits per heavy atom. The lowest BCUT2D eigenvalue weighted by Gasteiger charge is -2.12. The molecular weight excluding hydrogens is 254 g/mol. The fraction of sp³-hybridized carbons (Fsp3) is 0.167. The van der Waals surface area contributed by atoms with Crippen molar-refractivity contribution in [3.05, 3.63) is 39.6 Å². The number of hydrogen-bond acceptors (Lipinski definition) is 4. The van der Waals surface area contributed by atoms with Crippen molar-refractivity contribution in [3.63, 3.8) is 0 Å². The third-order valence-corrected chi connectivity index (χ3v) is 2.66. The third-order valence-electron chi connectivity index (χ3n) is 2.42.